The molecular formula is C21H19ClN2O. The van der Waals surface area contributed by atoms with Gasteiger partial charge in [0.15, 0.2) is 0 Å². The van der Waals surface area contributed by atoms with Crippen molar-refractivity contribution in [3.8, 4) is 5.88 Å². The van der Waals surface area contributed by atoms with E-state index >= 15 is 0 Å². The van der Waals surface area contributed by atoms with Crippen molar-refractivity contribution < 1.29 is 4.74 Å². The molecule has 25 heavy (non-hydrogen) atoms. The molecule has 0 unspecified atom stereocenters. The first-order valence-electron chi connectivity index (χ1n) is 8.41. The highest BCUT2D eigenvalue weighted by Crippen LogP contribution is 2.44. The second kappa shape index (κ2) is 6.77. The molecule has 2 aromatic heterocycles. The molecule has 3 nitrogen and oxygen atoms in total. The summed E-state index contributed by atoms with van der Waals surface area (Å²) in [6.45, 7) is 0. The van der Waals surface area contributed by atoms with Gasteiger partial charge in [0.2, 0.25) is 5.88 Å². The quantitative estimate of drug-likeness (QED) is 0.656. The van der Waals surface area contributed by atoms with Gasteiger partial charge >= 0.3 is 0 Å². The number of hydrogen-bond donors (Lipinski definition) is 1. The summed E-state index contributed by atoms with van der Waals surface area (Å²) in [5.74, 6) is 1.33. The van der Waals surface area contributed by atoms with Crippen LogP contribution in [0.15, 0.2) is 54.7 Å². The van der Waals surface area contributed by atoms with Crippen LogP contribution >= 0.6 is 11.6 Å². The smallest absolute Gasteiger partial charge is 0.217 e. The zero-order valence-electron chi connectivity index (χ0n) is 14.0. The third-order valence-electron chi connectivity index (χ3n) is 4.45. The molecule has 126 valence electrons. The van der Waals surface area contributed by atoms with Crippen LogP contribution in [-0.2, 0) is 0 Å². The van der Waals surface area contributed by atoms with E-state index in [4.69, 9.17) is 21.3 Å². The van der Waals surface area contributed by atoms with Crippen LogP contribution in [0.3, 0.4) is 0 Å². The Labute approximate surface area is 152 Å². The first-order chi connectivity index (χ1) is 12.2. The van der Waals surface area contributed by atoms with Crippen molar-refractivity contribution >= 4 is 23.3 Å². The molecule has 4 rings (SSSR count). The molecule has 0 aliphatic heterocycles. The molecular weight excluding hydrogens is 332 g/mol. The maximum Gasteiger partial charge on any atom is 0.217 e. The maximum atomic E-state index is 6.05. The number of rotatable bonds is 5. The van der Waals surface area contributed by atoms with E-state index in [0.29, 0.717) is 5.92 Å². The Balaban J connectivity index is 1.81. The number of halogens is 1. The monoisotopic (exact) mass is 350 g/mol. The summed E-state index contributed by atoms with van der Waals surface area (Å²) in [7, 11) is 1.69. The molecule has 4 heteroatoms. The number of nitrogens with zero attached hydrogens (tertiary/aromatic N) is 1. The lowest BCUT2D eigenvalue weighted by Crippen LogP contribution is -1.99. The minimum atomic E-state index is 0.600. The largest absolute Gasteiger partial charge is 0.481 e. The van der Waals surface area contributed by atoms with Gasteiger partial charge < -0.3 is 9.72 Å². The van der Waals surface area contributed by atoms with E-state index in [-0.39, 0.29) is 0 Å². The number of nitrogens with one attached hydrogen (secondary N) is 1. The van der Waals surface area contributed by atoms with Crippen LogP contribution in [0.4, 0.5) is 0 Å². The van der Waals surface area contributed by atoms with Gasteiger partial charge in [-0.25, -0.2) is 4.98 Å². The zero-order chi connectivity index (χ0) is 17.2. The molecule has 1 fully saturated rings. The molecule has 2 heterocycles. The van der Waals surface area contributed by atoms with E-state index in [1.165, 1.54) is 18.4 Å². The number of hydrogen-bond acceptors (Lipinski definition) is 2. The van der Waals surface area contributed by atoms with E-state index in [1.54, 1.807) is 7.11 Å². The van der Waals surface area contributed by atoms with Gasteiger partial charge in [-0.1, -0.05) is 29.8 Å². The predicted molar refractivity (Wildman–Crippen MR) is 102 cm³/mol. The molecule has 0 radical (unpaired) electrons. The summed E-state index contributed by atoms with van der Waals surface area (Å²) >= 11 is 6.05. The van der Waals surface area contributed by atoms with Gasteiger partial charge in [0.1, 0.15) is 0 Å². The molecule has 0 spiro atoms. The molecule has 0 amide bonds. The molecule has 0 saturated heterocycles. The average Bonchev–Trinajstić information content (AvgIpc) is 3.36. The van der Waals surface area contributed by atoms with Gasteiger partial charge in [-0.15, -0.1) is 0 Å². The lowest BCUT2D eigenvalue weighted by atomic mass is 10.00. The van der Waals surface area contributed by atoms with Crippen molar-refractivity contribution in [1.29, 1.82) is 0 Å². The molecule has 0 bridgehead atoms. The number of ether oxygens (including phenoxy) is 1. The number of pyridine rings is 1. The third-order valence-corrected chi connectivity index (χ3v) is 4.71. The van der Waals surface area contributed by atoms with E-state index in [9.17, 15) is 0 Å². The van der Waals surface area contributed by atoms with Crippen LogP contribution in [0, 0.1) is 0 Å². The van der Waals surface area contributed by atoms with E-state index in [0.717, 1.165) is 33.4 Å². The molecule has 1 aliphatic rings. The van der Waals surface area contributed by atoms with E-state index < -0.39 is 0 Å². The fraction of sp³-hybridized carbons (Fsp3) is 0.190. The SMILES string of the molecule is COc1nc(/C(=C/c2ccc[nH]2)c2ccc(Cl)cc2)ccc1C1CC1. The second-order valence-electron chi connectivity index (χ2n) is 6.26. The fourth-order valence-corrected chi connectivity index (χ4v) is 3.12. The number of methoxy groups -OCH3 is 1. The minimum Gasteiger partial charge on any atom is -0.481 e. The van der Waals surface area contributed by atoms with Crippen molar-refractivity contribution in [2.24, 2.45) is 0 Å². The molecule has 1 N–H and O–H groups in total. The number of benzene rings is 1. The van der Waals surface area contributed by atoms with E-state index in [2.05, 4.69) is 23.2 Å². The highest BCUT2D eigenvalue weighted by molar-refractivity contribution is 6.30. The minimum absolute atomic E-state index is 0.600. The maximum absolute atomic E-state index is 6.05. The lowest BCUT2D eigenvalue weighted by Gasteiger charge is -2.12. The highest BCUT2D eigenvalue weighted by atomic mass is 35.5. The van der Waals surface area contributed by atoms with Crippen LogP contribution in [0.5, 0.6) is 5.88 Å². The predicted octanol–water partition coefficient (Wildman–Crippen LogP) is 5.54. The second-order valence-corrected chi connectivity index (χ2v) is 6.70. The van der Waals surface area contributed by atoms with Gasteiger partial charge in [0, 0.05) is 28.0 Å². The van der Waals surface area contributed by atoms with Crippen LogP contribution in [-0.4, -0.2) is 17.1 Å². The number of H-pyrrole nitrogens is 1. The average molecular weight is 351 g/mol. The summed E-state index contributed by atoms with van der Waals surface area (Å²) in [6, 6.07) is 16.1. The van der Waals surface area contributed by atoms with Crippen molar-refractivity contribution in [3.05, 3.63) is 82.3 Å². The van der Waals surface area contributed by atoms with Crippen molar-refractivity contribution in [1.82, 2.24) is 9.97 Å². The van der Waals surface area contributed by atoms with E-state index in [1.807, 2.05) is 42.6 Å². The summed E-state index contributed by atoms with van der Waals surface area (Å²) in [6.07, 6.45) is 6.46. The van der Waals surface area contributed by atoms with Crippen molar-refractivity contribution in [3.63, 3.8) is 0 Å². The van der Waals surface area contributed by atoms with Crippen LogP contribution < -0.4 is 4.74 Å². The molecule has 1 saturated carbocycles. The summed E-state index contributed by atoms with van der Waals surface area (Å²) in [5.41, 5.74) is 5.21. The van der Waals surface area contributed by atoms with Gasteiger partial charge in [-0.2, -0.15) is 0 Å². The van der Waals surface area contributed by atoms with Gasteiger partial charge in [-0.3, -0.25) is 0 Å². The topological polar surface area (TPSA) is 37.9 Å². The van der Waals surface area contributed by atoms with Crippen LogP contribution in [0.1, 0.15) is 41.3 Å². The number of aromatic nitrogens is 2. The summed E-state index contributed by atoms with van der Waals surface area (Å²) < 4.78 is 5.56. The molecule has 1 aliphatic carbocycles. The Kier molecular flexibility index (Phi) is 4.33. The Bertz CT molecular complexity index is 894. The van der Waals surface area contributed by atoms with Crippen LogP contribution in [0.2, 0.25) is 5.02 Å². The van der Waals surface area contributed by atoms with Crippen molar-refractivity contribution in [2.75, 3.05) is 7.11 Å². The molecule has 0 atom stereocenters. The number of aromatic amines is 1. The Morgan fingerprint density at radius 1 is 1.16 bits per heavy atom. The zero-order valence-corrected chi connectivity index (χ0v) is 14.8. The molecule has 3 aromatic rings. The van der Waals surface area contributed by atoms with Gasteiger partial charge in [0.25, 0.3) is 0 Å². The van der Waals surface area contributed by atoms with Gasteiger partial charge in [-0.05, 0) is 60.7 Å². The van der Waals surface area contributed by atoms with Crippen LogP contribution in [0.25, 0.3) is 11.6 Å². The van der Waals surface area contributed by atoms with Crippen molar-refractivity contribution in [2.45, 2.75) is 18.8 Å². The van der Waals surface area contributed by atoms with Gasteiger partial charge in [0.05, 0.1) is 12.8 Å². The summed E-state index contributed by atoms with van der Waals surface area (Å²) in [5, 5.41) is 0.720. The highest BCUT2D eigenvalue weighted by Gasteiger charge is 2.27. The first-order valence-corrected chi connectivity index (χ1v) is 8.79. The Hall–Kier alpha value is -2.52. The fourth-order valence-electron chi connectivity index (χ4n) is 2.99. The standard InChI is InChI=1S/C21H19ClN2O/c1-25-21-18(14-4-5-14)10-11-20(24-21)19(13-17-3-2-12-23-17)15-6-8-16(22)9-7-15/h2-3,6-14,23H,4-5H2,1H3/b19-13+. The normalized spacial score (nSPS) is 14.6. The first kappa shape index (κ1) is 16.0. The lowest BCUT2D eigenvalue weighted by molar-refractivity contribution is 0.392. The third kappa shape index (κ3) is 3.47. The Morgan fingerprint density at radius 3 is 2.60 bits per heavy atom. The molecule has 1 aromatic carbocycles. The summed E-state index contributed by atoms with van der Waals surface area (Å²) in [4.78, 5) is 8.02. The Morgan fingerprint density at radius 2 is 1.96 bits per heavy atom.